The first-order valence-electron chi connectivity index (χ1n) is 4.26. The number of benzene rings is 1. The first kappa shape index (κ1) is 11.2. The molecule has 2 rings (SSSR count). The van der Waals surface area contributed by atoms with Gasteiger partial charge in [-0.25, -0.2) is 4.98 Å². The summed E-state index contributed by atoms with van der Waals surface area (Å²) in [6.45, 7) is 0. The number of hydrogen-bond donors (Lipinski definition) is 0. The normalized spacial score (nSPS) is 11.8. The quantitative estimate of drug-likeness (QED) is 0.795. The molecule has 0 N–H and O–H groups in total. The summed E-state index contributed by atoms with van der Waals surface area (Å²) in [5.41, 5.74) is 0. The van der Waals surface area contributed by atoms with Crippen LogP contribution in [0.5, 0.6) is 5.88 Å². The maximum atomic E-state index is 12.1. The zero-order valence-electron chi connectivity index (χ0n) is 7.75. The van der Waals surface area contributed by atoms with E-state index < -0.39 is 12.2 Å². The summed E-state index contributed by atoms with van der Waals surface area (Å²) in [6, 6.07) is 6.49. The Kier molecular flexibility index (Phi) is 2.75. The fourth-order valence-electron chi connectivity index (χ4n) is 1.33. The number of ether oxygens (including phenoxy) is 1. The molecule has 2 aromatic rings. The van der Waals surface area contributed by atoms with E-state index in [0.717, 1.165) is 0 Å². The van der Waals surface area contributed by atoms with Gasteiger partial charge in [0.25, 0.3) is 0 Å². The first-order valence-corrected chi connectivity index (χ1v) is 5.06. The maximum absolute atomic E-state index is 12.1. The van der Waals surface area contributed by atoms with Crippen LogP contribution < -0.4 is 4.74 Å². The SMILES string of the molecule is FC(F)(F)Oc1nccc2c(Br)cccc12. The van der Waals surface area contributed by atoms with Crippen LogP contribution in [-0.2, 0) is 0 Å². The highest BCUT2D eigenvalue weighted by Crippen LogP contribution is 2.31. The van der Waals surface area contributed by atoms with Gasteiger partial charge in [0, 0.05) is 21.4 Å². The number of halogens is 4. The fraction of sp³-hybridized carbons (Fsp3) is 0.100. The standard InChI is InChI=1S/C10H5BrF3NO/c11-8-3-1-2-7-6(8)4-5-15-9(7)16-10(12,13)14/h1-5H. The molecule has 0 aliphatic heterocycles. The van der Waals surface area contributed by atoms with E-state index in [-0.39, 0.29) is 0 Å². The molecule has 0 saturated heterocycles. The lowest BCUT2D eigenvalue weighted by Crippen LogP contribution is -2.18. The summed E-state index contributed by atoms with van der Waals surface area (Å²) in [6.07, 6.45) is -3.46. The van der Waals surface area contributed by atoms with Crippen molar-refractivity contribution in [1.29, 1.82) is 0 Å². The average molecular weight is 292 g/mol. The van der Waals surface area contributed by atoms with Gasteiger partial charge in [-0.3, -0.25) is 0 Å². The third kappa shape index (κ3) is 2.27. The molecule has 6 heteroatoms. The van der Waals surface area contributed by atoms with Gasteiger partial charge < -0.3 is 4.74 Å². The molecule has 0 fully saturated rings. The van der Waals surface area contributed by atoms with Gasteiger partial charge in [0.05, 0.1) is 0 Å². The Bertz CT molecular complexity index is 527. The average Bonchev–Trinajstić information content (AvgIpc) is 2.17. The van der Waals surface area contributed by atoms with Crippen molar-refractivity contribution in [2.45, 2.75) is 6.36 Å². The Labute approximate surface area is 97.2 Å². The van der Waals surface area contributed by atoms with Crippen LogP contribution in [0.2, 0.25) is 0 Å². The number of rotatable bonds is 1. The van der Waals surface area contributed by atoms with Gasteiger partial charge in [-0.15, -0.1) is 13.2 Å². The molecule has 2 nitrogen and oxygen atoms in total. The highest BCUT2D eigenvalue weighted by Gasteiger charge is 2.32. The molecule has 0 radical (unpaired) electrons. The van der Waals surface area contributed by atoms with Crippen molar-refractivity contribution < 1.29 is 17.9 Å². The van der Waals surface area contributed by atoms with E-state index in [1.807, 2.05) is 0 Å². The predicted molar refractivity (Wildman–Crippen MR) is 56.1 cm³/mol. The molecule has 0 bridgehead atoms. The molecule has 0 saturated carbocycles. The van der Waals surface area contributed by atoms with Crippen LogP contribution in [0.4, 0.5) is 13.2 Å². The molecule has 0 amide bonds. The van der Waals surface area contributed by atoms with Crippen molar-refractivity contribution in [3.05, 3.63) is 34.9 Å². The van der Waals surface area contributed by atoms with Gasteiger partial charge in [0.2, 0.25) is 5.88 Å². The second-order valence-electron chi connectivity index (χ2n) is 3.00. The van der Waals surface area contributed by atoms with Crippen molar-refractivity contribution in [3.8, 4) is 5.88 Å². The van der Waals surface area contributed by atoms with E-state index in [1.54, 1.807) is 18.2 Å². The van der Waals surface area contributed by atoms with Crippen LogP contribution in [0.1, 0.15) is 0 Å². The fourth-order valence-corrected chi connectivity index (χ4v) is 1.83. The number of nitrogens with zero attached hydrogens (tertiary/aromatic N) is 1. The lowest BCUT2D eigenvalue weighted by molar-refractivity contribution is -0.275. The zero-order valence-corrected chi connectivity index (χ0v) is 9.34. The molecule has 0 spiro atoms. The van der Waals surface area contributed by atoms with Crippen molar-refractivity contribution in [2.24, 2.45) is 0 Å². The Hall–Kier alpha value is -1.30. The molecule has 0 aliphatic carbocycles. The van der Waals surface area contributed by atoms with Crippen molar-refractivity contribution >= 4 is 26.7 Å². The Morgan fingerprint density at radius 2 is 1.88 bits per heavy atom. The van der Waals surface area contributed by atoms with E-state index in [4.69, 9.17) is 0 Å². The molecule has 1 aromatic heterocycles. The Morgan fingerprint density at radius 1 is 1.12 bits per heavy atom. The van der Waals surface area contributed by atoms with Gasteiger partial charge in [-0.2, -0.15) is 0 Å². The maximum Gasteiger partial charge on any atom is 0.574 e. The minimum absolute atomic E-state index is 0.314. The predicted octanol–water partition coefficient (Wildman–Crippen LogP) is 3.90. The molecule has 0 aliphatic rings. The molecular formula is C10H5BrF3NO. The van der Waals surface area contributed by atoms with Gasteiger partial charge in [0.1, 0.15) is 0 Å². The van der Waals surface area contributed by atoms with Crippen molar-refractivity contribution in [3.63, 3.8) is 0 Å². The summed E-state index contributed by atoms with van der Waals surface area (Å²) < 4.78 is 40.8. The number of fused-ring (bicyclic) bond motifs is 1. The third-order valence-corrected chi connectivity index (χ3v) is 2.62. The van der Waals surface area contributed by atoms with Crippen LogP contribution in [0.25, 0.3) is 10.8 Å². The van der Waals surface area contributed by atoms with Crippen LogP contribution >= 0.6 is 15.9 Å². The Morgan fingerprint density at radius 3 is 2.56 bits per heavy atom. The van der Waals surface area contributed by atoms with Gasteiger partial charge >= 0.3 is 6.36 Å². The largest absolute Gasteiger partial charge is 0.574 e. The monoisotopic (exact) mass is 291 g/mol. The van der Waals surface area contributed by atoms with Gasteiger partial charge in [-0.1, -0.05) is 22.0 Å². The Balaban J connectivity index is 2.58. The van der Waals surface area contributed by atoms with E-state index in [1.165, 1.54) is 12.3 Å². The van der Waals surface area contributed by atoms with E-state index >= 15 is 0 Å². The molecule has 1 heterocycles. The van der Waals surface area contributed by atoms with E-state index in [0.29, 0.717) is 15.2 Å². The molecule has 16 heavy (non-hydrogen) atoms. The van der Waals surface area contributed by atoms with Crippen molar-refractivity contribution in [2.75, 3.05) is 0 Å². The summed E-state index contributed by atoms with van der Waals surface area (Å²) >= 11 is 3.25. The zero-order chi connectivity index (χ0) is 11.8. The van der Waals surface area contributed by atoms with Gasteiger partial charge in [-0.05, 0) is 18.2 Å². The summed E-state index contributed by atoms with van der Waals surface area (Å²) in [5, 5.41) is 0.936. The highest BCUT2D eigenvalue weighted by molar-refractivity contribution is 9.10. The van der Waals surface area contributed by atoms with Crippen LogP contribution in [0, 0.1) is 0 Å². The third-order valence-electron chi connectivity index (χ3n) is 1.93. The number of hydrogen-bond acceptors (Lipinski definition) is 2. The summed E-state index contributed by atoms with van der Waals surface area (Å²) in [4.78, 5) is 3.57. The molecule has 0 atom stereocenters. The van der Waals surface area contributed by atoms with Crippen molar-refractivity contribution in [1.82, 2.24) is 4.98 Å². The second kappa shape index (κ2) is 3.93. The van der Waals surface area contributed by atoms with Gasteiger partial charge in [0.15, 0.2) is 0 Å². The number of alkyl halides is 3. The first-order chi connectivity index (χ1) is 7.47. The summed E-state index contributed by atoms with van der Waals surface area (Å²) in [5.74, 6) is -0.439. The minimum Gasteiger partial charge on any atom is -0.387 e. The molecule has 84 valence electrons. The highest BCUT2D eigenvalue weighted by atomic mass is 79.9. The van der Waals surface area contributed by atoms with E-state index in [9.17, 15) is 13.2 Å². The molecular weight excluding hydrogens is 287 g/mol. The summed E-state index contributed by atoms with van der Waals surface area (Å²) in [7, 11) is 0. The number of pyridine rings is 1. The van der Waals surface area contributed by atoms with Crippen LogP contribution in [0.3, 0.4) is 0 Å². The molecule has 1 aromatic carbocycles. The molecule has 0 unspecified atom stereocenters. The number of aromatic nitrogens is 1. The topological polar surface area (TPSA) is 22.1 Å². The van der Waals surface area contributed by atoms with Crippen LogP contribution in [-0.4, -0.2) is 11.3 Å². The lowest BCUT2D eigenvalue weighted by Gasteiger charge is -2.10. The smallest absolute Gasteiger partial charge is 0.387 e. The second-order valence-corrected chi connectivity index (χ2v) is 3.85. The minimum atomic E-state index is -4.73. The lowest BCUT2D eigenvalue weighted by atomic mass is 10.2. The van der Waals surface area contributed by atoms with Crippen LogP contribution in [0.15, 0.2) is 34.9 Å². The van der Waals surface area contributed by atoms with E-state index in [2.05, 4.69) is 25.7 Å².